The second kappa shape index (κ2) is 5.67. The zero-order valence-electron chi connectivity index (χ0n) is 9.85. The molecule has 2 aromatic rings. The lowest BCUT2D eigenvalue weighted by Gasteiger charge is -2.12. The predicted octanol–water partition coefficient (Wildman–Crippen LogP) is 1.30. The quantitative estimate of drug-likeness (QED) is 0.847. The molecule has 0 saturated carbocycles. The molecule has 0 bridgehead atoms. The standard InChI is InChI=1S/C10H13N5O2S/c1-2-7(3-9(16)17)5-15-10(12-13-14-15)8-4-11-6-18-8/h4,6-7H,2-3,5H2,1H3,(H,16,17). The maximum absolute atomic E-state index is 10.7. The van der Waals surface area contributed by atoms with Crippen molar-refractivity contribution in [3.05, 3.63) is 11.7 Å². The third-order valence-electron chi connectivity index (χ3n) is 2.66. The number of rotatable bonds is 6. The highest BCUT2D eigenvalue weighted by Crippen LogP contribution is 2.21. The summed E-state index contributed by atoms with van der Waals surface area (Å²) in [4.78, 5) is 15.6. The highest BCUT2D eigenvalue weighted by atomic mass is 32.1. The Kier molecular flexibility index (Phi) is 3.98. The first-order valence-corrected chi connectivity index (χ1v) is 6.45. The average Bonchev–Trinajstić information content (AvgIpc) is 2.96. The Bertz CT molecular complexity index is 510. The van der Waals surface area contributed by atoms with Crippen LogP contribution in [-0.4, -0.2) is 36.3 Å². The number of nitrogens with zero attached hydrogens (tertiary/aromatic N) is 5. The fourth-order valence-corrected chi connectivity index (χ4v) is 2.27. The van der Waals surface area contributed by atoms with Crippen LogP contribution in [0.15, 0.2) is 11.7 Å². The third kappa shape index (κ3) is 2.89. The van der Waals surface area contributed by atoms with E-state index < -0.39 is 5.97 Å². The number of carboxylic acid groups (broad SMARTS) is 1. The lowest BCUT2D eigenvalue weighted by atomic mass is 10.0. The molecule has 0 aliphatic carbocycles. The van der Waals surface area contributed by atoms with E-state index in [2.05, 4.69) is 20.5 Å². The number of aliphatic carboxylic acids is 1. The summed E-state index contributed by atoms with van der Waals surface area (Å²) in [6.07, 6.45) is 2.60. The molecule has 7 nitrogen and oxygen atoms in total. The van der Waals surface area contributed by atoms with Crippen LogP contribution in [-0.2, 0) is 11.3 Å². The van der Waals surface area contributed by atoms with E-state index in [-0.39, 0.29) is 12.3 Å². The van der Waals surface area contributed by atoms with Gasteiger partial charge in [-0.15, -0.1) is 16.4 Å². The van der Waals surface area contributed by atoms with Gasteiger partial charge >= 0.3 is 5.97 Å². The molecule has 8 heteroatoms. The molecule has 0 fully saturated rings. The van der Waals surface area contributed by atoms with Crippen LogP contribution in [0, 0.1) is 5.92 Å². The van der Waals surface area contributed by atoms with Gasteiger partial charge in [0.05, 0.1) is 10.4 Å². The molecule has 0 aromatic carbocycles. The van der Waals surface area contributed by atoms with Crippen LogP contribution in [0.5, 0.6) is 0 Å². The smallest absolute Gasteiger partial charge is 0.303 e. The van der Waals surface area contributed by atoms with Crippen molar-refractivity contribution in [1.29, 1.82) is 0 Å². The molecular formula is C10H13N5O2S. The van der Waals surface area contributed by atoms with Crippen molar-refractivity contribution < 1.29 is 9.90 Å². The van der Waals surface area contributed by atoms with E-state index in [0.717, 1.165) is 11.3 Å². The molecule has 1 atom stereocenters. The van der Waals surface area contributed by atoms with E-state index in [1.54, 1.807) is 16.4 Å². The van der Waals surface area contributed by atoms with Crippen LogP contribution >= 0.6 is 11.3 Å². The number of tetrazole rings is 1. The van der Waals surface area contributed by atoms with E-state index in [4.69, 9.17) is 5.11 Å². The molecule has 0 saturated heterocycles. The van der Waals surface area contributed by atoms with E-state index >= 15 is 0 Å². The van der Waals surface area contributed by atoms with Crippen molar-refractivity contribution in [2.24, 2.45) is 5.92 Å². The average molecular weight is 267 g/mol. The molecule has 96 valence electrons. The summed E-state index contributed by atoms with van der Waals surface area (Å²) in [6, 6.07) is 0. The van der Waals surface area contributed by atoms with Crippen LogP contribution in [0.25, 0.3) is 10.7 Å². The SMILES string of the molecule is CCC(CC(=O)O)Cn1nnnc1-c1cncs1. The lowest BCUT2D eigenvalue weighted by Crippen LogP contribution is -2.16. The molecule has 1 N–H and O–H groups in total. The summed E-state index contributed by atoms with van der Waals surface area (Å²) in [5.74, 6) is -0.131. The van der Waals surface area contributed by atoms with Crippen molar-refractivity contribution in [2.75, 3.05) is 0 Å². The van der Waals surface area contributed by atoms with Gasteiger partial charge in [0.2, 0.25) is 0 Å². The fourth-order valence-electron chi connectivity index (χ4n) is 1.66. The Morgan fingerprint density at radius 2 is 2.44 bits per heavy atom. The van der Waals surface area contributed by atoms with Gasteiger partial charge in [-0.1, -0.05) is 13.3 Å². The van der Waals surface area contributed by atoms with Crippen LogP contribution < -0.4 is 0 Å². The van der Waals surface area contributed by atoms with Gasteiger partial charge in [0.1, 0.15) is 0 Å². The lowest BCUT2D eigenvalue weighted by molar-refractivity contribution is -0.138. The summed E-state index contributed by atoms with van der Waals surface area (Å²) in [5.41, 5.74) is 1.71. The number of aromatic nitrogens is 5. The fraction of sp³-hybridized carbons (Fsp3) is 0.500. The van der Waals surface area contributed by atoms with Gasteiger partial charge in [-0.05, 0) is 16.3 Å². The first kappa shape index (κ1) is 12.6. The second-order valence-electron chi connectivity index (χ2n) is 3.92. The number of carboxylic acids is 1. The molecular weight excluding hydrogens is 254 g/mol. The van der Waals surface area contributed by atoms with Gasteiger partial charge in [-0.25, -0.2) is 4.68 Å². The minimum Gasteiger partial charge on any atom is -0.481 e. The molecule has 0 aliphatic heterocycles. The van der Waals surface area contributed by atoms with Crippen molar-refractivity contribution in [3.8, 4) is 10.7 Å². The topological polar surface area (TPSA) is 93.8 Å². The van der Waals surface area contributed by atoms with Crippen LogP contribution in [0.3, 0.4) is 0 Å². The molecule has 0 aliphatic rings. The van der Waals surface area contributed by atoms with Crippen molar-refractivity contribution >= 4 is 17.3 Å². The normalized spacial score (nSPS) is 12.5. The largest absolute Gasteiger partial charge is 0.481 e. The third-order valence-corrected chi connectivity index (χ3v) is 3.43. The molecule has 18 heavy (non-hydrogen) atoms. The van der Waals surface area contributed by atoms with Crippen molar-refractivity contribution in [3.63, 3.8) is 0 Å². The number of hydrogen-bond donors (Lipinski definition) is 1. The minimum atomic E-state index is -0.797. The van der Waals surface area contributed by atoms with Crippen molar-refractivity contribution in [2.45, 2.75) is 26.3 Å². The molecule has 1 unspecified atom stereocenters. The first-order chi connectivity index (χ1) is 8.70. The highest BCUT2D eigenvalue weighted by Gasteiger charge is 2.17. The maximum Gasteiger partial charge on any atom is 0.303 e. The Hall–Kier alpha value is -1.83. The van der Waals surface area contributed by atoms with Gasteiger partial charge in [-0.3, -0.25) is 9.78 Å². The molecule has 2 heterocycles. The summed E-state index contributed by atoms with van der Waals surface area (Å²) < 4.78 is 1.64. The van der Waals surface area contributed by atoms with Crippen LogP contribution in [0.4, 0.5) is 0 Å². The zero-order valence-corrected chi connectivity index (χ0v) is 10.7. The first-order valence-electron chi connectivity index (χ1n) is 5.57. The zero-order chi connectivity index (χ0) is 13.0. The molecule has 0 spiro atoms. The summed E-state index contributed by atoms with van der Waals surface area (Å²) in [6.45, 7) is 2.47. The Morgan fingerprint density at radius 3 is 3.06 bits per heavy atom. The van der Waals surface area contributed by atoms with E-state index in [9.17, 15) is 4.79 Å². The van der Waals surface area contributed by atoms with E-state index in [1.165, 1.54) is 11.3 Å². The van der Waals surface area contributed by atoms with E-state index in [0.29, 0.717) is 12.4 Å². The van der Waals surface area contributed by atoms with Crippen LogP contribution in [0.1, 0.15) is 19.8 Å². The molecule has 2 rings (SSSR count). The molecule has 0 radical (unpaired) electrons. The Labute approximate surface area is 107 Å². The van der Waals surface area contributed by atoms with Crippen molar-refractivity contribution in [1.82, 2.24) is 25.2 Å². The molecule has 0 amide bonds. The number of thiazole rings is 1. The highest BCUT2D eigenvalue weighted by molar-refractivity contribution is 7.13. The monoisotopic (exact) mass is 267 g/mol. The maximum atomic E-state index is 10.7. The Balaban J connectivity index is 2.14. The summed E-state index contributed by atoms with van der Waals surface area (Å²) in [7, 11) is 0. The van der Waals surface area contributed by atoms with Gasteiger partial charge in [0, 0.05) is 19.2 Å². The number of carbonyl (C=O) groups is 1. The molecule has 2 aromatic heterocycles. The number of hydrogen-bond acceptors (Lipinski definition) is 6. The predicted molar refractivity (Wildman–Crippen MR) is 65.0 cm³/mol. The van der Waals surface area contributed by atoms with Crippen LogP contribution in [0.2, 0.25) is 0 Å². The van der Waals surface area contributed by atoms with Gasteiger partial charge in [-0.2, -0.15) is 0 Å². The van der Waals surface area contributed by atoms with Gasteiger partial charge < -0.3 is 5.11 Å². The summed E-state index contributed by atoms with van der Waals surface area (Å²) >= 11 is 1.45. The minimum absolute atomic E-state index is 0.0256. The van der Waals surface area contributed by atoms with E-state index in [1.807, 2.05) is 6.92 Å². The van der Waals surface area contributed by atoms with Gasteiger partial charge in [0.25, 0.3) is 0 Å². The van der Waals surface area contributed by atoms with Gasteiger partial charge in [0.15, 0.2) is 5.82 Å². The summed E-state index contributed by atoms with van der Waals surface area (Å²) in [5, 5.41) is 20.3. The second-order valence-corrected chi connectivity index (χ2v) is 4.81. The Morgan fingerprint density at radius 1 is 1.61 bits per heavy atom.